The lowest BCUT2D eigenvalue weighted by atomic mass is 9.98. The molecule has 1 unspecified atom stereocenters. The molecule has 0 amide bonds. The highest BCUT2D eigenvalue weighted by atomic mass is 35.5. The van der Waals surface area contributed by atoms with Crippen molar-refractivity contribution in [2.45, 2.75) is 6.04 Å². The average Bonchev–Trinajstić information content (AvgIpc) is 2.49. The number of pyridine rings is 1. The SMILES string of the molecule is NC(c1ccc(Cl)c(Cl)c1)c1ccc2ncccc2c1. The molecule has 20 heavy (non-hydrogen) atoms. The minimum Gasteiger partial charge on any atom is -0.320 e. The van der Waals surface area contributed by atoms with Crippen LogP contribution in [-0.2, 0) is 0 Å². The fourth-order valence-corrected chi connectivity index (χ4v) is 2.49. The standard InChI is InChI=1S/C16H12Cl2N2/c17-13-5-3-12(9-14(13)18)16(19)11-4-6-15-10(8-11)2-1-7-20-15/h1-9,16H,19H2. The maximum absolute atomic E-state index is 6.30. The molecule has 2 N–H and O–H groups in total. The van der Waals surface area contributed by atoms with Gasteiger partial charge in [-0.05, 0) is 41.5 Å². The maximum Gasteiger partial charge on any atom is 0.0702 e. The van der Waals surface area contributed by atoms with Crippen LogP contribution < -0.4 is 5.73 Å². The van der Waals surface area contributed by atoms with Crippen LogP contribution in [0.3, 0.4) is 0 Å². The smallest absolute Gasteiger partial charge is 0.0702 e. The van der Waals surface area contributed by atoms with Crippen molar-refractivity contribution in [2.75, 3.05) is 0 Å². The molecule has 0 aliphatic rings. The van der Waals surface area contributed by atoms with Gasteiger partial charge in [0.25, 0.3) is 0 Å². The molecule has 0 spiro atoms. The lowest BCUT2D eigenvalue weighted by Gasteiger charge is -2.14. The van der Waals surface area contributed by atoms with Gasteiger partial charge in [-0.1, -0.05) is 41.4 Å². The van der Waals surface area contributed by atoms with Crippen LogP contribution in [0.5, 0.6) is 0 Å². The molecule has 4 heteroatoms. The predicted molar refractivity (Wildman–Crippen MR) is 84.2 cm³/mol. The maximum atomic E-state index is 6.30. The Balaban J connectivity index is 2.02. The van der Waals surface area contributed by atoms with Crippen molar-refractivity contribution < 1.29 is 0 Å². The normalized spacial score (nSPS) is 12.6. The van der Waals surface area contributed by atoms with Crippen molar-refractivity contribution in [1.29, 1.82) is 0 Å². The summed E-state index contributed by atoms with van der Waals surface area (Å²) < 4.78 is 0. The zero-order valence-electron chi connectivity index (χ0n) is 10.6. The van der Waals surface area contributed by atoms with E-state index in [1.165, 1.54) is 0 Å². The second-order valence-electron chi connectivity index (χ2n) is 4.61. The molecule has 0 saturated heterocycles. The van der Waals surface area contributed by atoms with Crippen molar-refractivity contribution in [3.63, 3.8) is 0 Å². The summed E-state index contributed by atoms with van der Waals surface area (Å²) in [4.78, 5) is 4.30. The van der Waals surface area contributed by atoms with Gasteiger partial charge in [0.1, 0.15) is 0 Å². The Labute approximate surface area is 127 Å². The zero-order chi connectivity index (χ0) is 14.1. The molecule has 2 aromatic carbocycles. The second-order valence-corrected chi connectivity index (χ2v) is 5.42. The van der Waals surface area contributed by atoms with E-state index in [1.54, 1.807) is 12.3 Å². The summed E-state index contributed by atoms with van der Waals surface area (Å²) in [6.45, 7) is 0. The van der Waals surface area contributed by atoms with Crippen molar-refractivity contribution in [2.24, 2.45) is 5.73 Å². The first kappa shape index (κ1) is 13.4. The van der Waals surface area contributed by atoms with Crippen LogP contribution >= 0.6 is 23.2 Å². The van der Waals surface area contributed by atoms with Gasteiger partial charge in [-0.25, -0.2) is 0 Å². The Morgan fingerprint density at radius 2 is 1.65 bits per heavy atom. The van der Waals surface area contributed by atoms with Crippen molar-refractivity contribution in [3.05, 3.63) is 75.9 Å². The van der Waals surface area contributed by atoms with Gasteiger partial charge < -0.3 is 5.73 Å². The predicted octanol–water partition coefficient (Wildman–Crippen LogP) is 4.59. The number of fused-ring (bicyclic) bond motifs is 1. The molecule has 1 aromatic heterocycles. The molecular weight excluding hydrogens is 291 g/mol. The van der Waals surface area contributed by atoms with Gasteiger partial charge in [0.05, 0.1) is 21.6 Å². The number of nitrogens with two attached hydrogens (primary N) is 1. The highest BCUT2D eigenvalue weighted by Crippen LogP contribution is 2.28. The van der Waals surface area contributed by atoms with Gasteiger partial charge >= 0.3 is 0 Å². The average molecular weight is 303 g/mol. The van der Waals surface area contributed by atoms with Gasteiger partial charge in [-0.2, -0.15) is 0 Å². The minimum absolute atomic E-state index is 0.241. The summed E-state index contributed by atoms with van der Waals surface area (Å²) in [6, 6.07) is 15.2. The number of halogens is 2. The third-order valence-electron chi connectivity index (χ3n) is 3.29. The van der Waals surface area contributed by atoms with Crippen molar-refractivity contribution in [3.8, 4) is 0 Å². The summed E-state index contributed by atoms with van der Waals surface area (Å²) in [5.41, 5.74) is 9.21. The van der Waals surface area contributed by atoms with Crippen molar-refractivity contribution >= 4 is 34.1 Å². The van der Waals surface area contributed by atoms with E-state index in [0.29, 0.717) is 10.0 Å². The molecule has 2 nitrogen and oxygen atoms in total. The van der Waals surface area contributed by atoms with E-state index >= 15 is 0 Å². The van der Waals surface area contributed by atoms with E-state index in [-0.39, 0.29) is 6.04 Å². The second kappa shape index (κ2) is 5.41. The Morgan fingerprint density at radius 1 is 0.900 bits per heavy atom. The summed E-state index contributed by atoms with van der Waals surface area (Å²) in [5, 5.41) is 2.12. The zero-order valence-corrected chi connectivity index (χ0v) is 12.1. The fourth-order valence-electron chi connectivity index (χ4n) is 2.19. The molecule has 3 rings (SSSR count). The lowest BCUT2D eigenvalue weighted by Crippen LogP contribution is -2.11. The summed E-state index contributed by atoms with van der Waals surface area (Å²) in [7, 11) is 0. The number of nitrogens with zero attached hydrogens (tertiary/aromatic N) is 1. The Bertz CT molecular complexity index is 771. The minimum atomic E-state index is -0.241. The number of hydrogen-bond acceptors (Lipinski definition) is 2. The van der Waals surface area contributed by atoms with Gasteiger partial charge in [0.2, 0.25) is 0 Å². The molecule has 3 aromatic rings. The summed E-state index contributed by atoms with van der Waals surface area (Å²) >= 11 is 12.0. The molecule has 0 bridgehead atoms. The molecular formula is C16H12Cl2N2. The number of aromatic nitrogens is 1. The van der Waals surface area contributed by atoms with Crippen LogP contribution in [-0.4, -0.2) is 4.98 Å². The topological polar surface area (TPSA) is 38.9 Å². The lowest BCUT2D eigenvalue weighted by molar-refractivity contribution is 0.873. The third kappa shape index (κ3) is 2.50. The molecule has 0 aliphatic heterocycles. The highest BCUT2D eigenvalue weighted by Gasteiger charge is 2.11. The van der Waals surface area contributed by atoms with Gasteiger partial charge in [-0.3, -0.25) is 4.98 Å². The summed E-state index contributed by atoms with van der Waals surface area (Å²) in [6.07, 6.45) is 1.78. The molecule has 1 atom stereocenters. The molecule has 0 aliphatic carbocycles. The van der Waals surface area contributed by atoms with Gasteiger partial charge in [-0.15, -0.1) is 0 Å². The number of rotatable bonds is 2. The van der Waals surface area contributed by atoms with Gasteiger partial charge in [0.15, 0.2) is 0 Å². The van der Waals surface area contributed by atoms with Crippen LogP contribution in [0.2, 0.25) is 10.0 Å². The first-order valence-corrected chi connectivity index (χ1v) is 6.96. The van der Waals surface area contributed by atoms with Crippen LogP contribution in [0.25, 0.3) is 10.9 Å². The molecule has 100 valence electrons. The van der Waals surface area contributed by atoms with Crippen LogP contribution in [0, 0.1) is 0 Å². The number of benzene rings is 2. The third-order valence-corrected chi connectivity index (χ3v) is 4.03. The quantitative estimate of drug-likeness (QED) is 0.752. The van der Waals surface area contributed by atoms with E-state index in [0.717, 1.165) is 22.0 Å². The molecule has 1 heterocycles. The van der Waals surface area contributed by atoms with E-state index in [1.807, 2.05) is 36.4 Å². The van der Waals surface area contributed by atoms with E-state index < -0.39 is 0 Å². The molecule has 0 radical (unpaired) electrons. The summed E-state index contributed by atoms with van der Waals surface area (Å²) in [5.74, 6) is 0. The Kier molecular flexibility index (Phi) is 3.62. The Hall–Kier alpha value is -1.61. The van der Waals surface area contributed by atoms with Gasteiger partial charge in [0, 0.05) is 11.6 Å². The van der Waals surface area contributed by atoms with E-state index in [2.05, 4.69) is 11.1 Å². The molecule has 0 saturated carbocycles. The highest BCUT2D eigenvalue weighted by molar-refractivity contribution is 6.42. The van der Waals surface area contributed by atoms with Crippen LogP contribution in [0.1, 0.15) is 17.2 Å². The Morgan fingerprint density at radius 3 is 2.45 bits per heavy atom. The number of hydrogen-bond donors (Lipinski definition) is 1. The largest absolute Gasteiger partial charge is 0.320 e. The fraction of sp³-hybridized carbons (Fsp3) is 0.0625. The van der Waals surface area contributed by atoms with Crippen molar-refractivity contribution in [1.82, 2.24) is 4.98 Å². The first-order chi connectivity index (χ1) is 9.65. The van der Waals surface area contributed by atoms with E-state index in [9.17, 15) is 0 Å². The molecule has 0 fully saturated rings. The van der Waals surface area contributed by atoms with Crippen LogP contribution in [0.4, 0.5) is 0 Å². The first-order valence-electron chi connectivity index (χ1n) is 6.20. The van der Waals surface area contributed by atoms with E-state index in [4.69, 9.17) is 28.9 Å². The monoisotopic (exact) mass is 302 g/mol. The van der Waals surface area contributed by atoms with Crippen LogP contribution in [0.15, 0.2) is 54.7 Å².